The van der Waals surface area contributed by atoms with E-state index < -0.39 is 35.4 Å². The number of hydrogen-bond donors (Lipinski definition) is 2. The third-order valence-corrected chi connectivity index (χ3v) is 18.8. The van der Waals surface area contributed by atoms with E-state index in [0.29, 0.717) is 202 Å². The van der Waals surface area contributed by atoms with E-state index in [-0.39, 0.29) is 164 Å². The molecule has 660 valence electrons. The molecule has 9 rings (SSSR count). The average molecular weight is 1690 g/mol. The molecule has 0 spiro atoms. The summed E-state index contributed by atoms with van der Waals surface area (Å²) in [6.45, 7) is 10.9. The summed E-state index contributed by atoms with van der Waals surface area (Å²) in [5.41, 5.74) is 1.62. The molecule has 6 amide bonds. The highest BCUT2D eigenvalue weighted by molar-refractivity contribution is 6.41. The number of nitrogens with zero attached hydrogens (tertiary/aromatic N) is 2. The summed E-state index contributed by atoms with van der Waals surface area (Å²) in [5, 5.41) is 11.1. The normalized spacial score (nSPS) is 12.7. The fraction of sp³-hybridized carbons (Fsp3) is 0.558. The second kappa shape index (κ2) is 54.5. The first-order valence-corrected chi connectivity index (χ1v) is 40.5. The molecular formula is C86H116N4O30. The van der Waals surface area contributed by atoms with Gasteiger partial charge in [0.1, 0.15) is 39.6 Å². The quantitative estimate of drug-likeness (QED) is 0.0169. The van der Waals surface area contributed by atoms with Crippen molar-refractivity contribution in [1.29, 1.82) is 0 Å². The van der Waals surface area contributed by atoms with Crippen LogP contribution in [-0.4, -0.2) is 352 Å². The van der Waals surface area contributed by atoms with Gasteiger partial charge in [0, 0.05) is 113 Å². The van der Waals surface area contributed by atoms with Gasteiger partial charge in [0.25, 0.3) is 35.4 Å². The Labute approximate surface area is 698 Å². The zero-order valence-electron chi connectivity index (χ0n) is 69.8. The van der Waals surface area contributed by atoms with Gasteiger partial charge in [0.15, 0.2) is 23.0 Å². The third-order valence-electron chi connectivity index (χ3n) is 18.8. The molecule has 2 N–H and O–H groups in total. The lowest BCUT2D eigenvalue weighted by Crippen LogP contribution is -2.42. The zero-order chi connectivity index (χ0) is 84.7. The molecule has 2 heterocycles. The molecule has 7 aromatic carbocycles. The number of hydrogen-bond acceptors (Lipinski definition) is 30. The van der Waals surface area contributed by atoms with Crippen molar-refractivity contribution >= 4 is 78.5 Å². The van der Waals surface area contributed by atoms with Crippen LogP contribution < -0.4 is 39.1 Å². The first kappa shape index (κ1) is 95.0. The van der Waals surface area contributed by atoms with E-state index in [2.05, 4.69) is 10.6 Å². The van der Waals surface area contributed by atoms with E-state index >= 15 is 0 Å². The van der Waals surface area contributed by atoms with Crippen molar-refractivity contribution in [3.8, 4) is 34.5 Å². The SMILES string of the molecule is COCCOCCOCCOc1cc(C(=O)NCCCN2C(=O)c3ccc4c5ccc6c7c(ccc(c8ccc(c3c48)C2=O)c75)C(=O)N(CCCNC(=O)c2cc(OCCOCCOCCOC)c(OCCOCCOCCOC)c(OCCOCCOCCOC)c2)C6=O)cc(OCCOCCOCCOC)c1OCCOCCOCCOC. The Morgan fingerprint density at radius 2 is 0.458 bits per heavy atom. The predicted molar refractivity (Wildman–Crippen MR) is 439 cm³/mol. The minimum absolute atomic E-state index is 0.0311. The molecule has 0 unspecified atom stereocenters. The predicted octanol–water partition coefficient (Wildman–Crippen LogP) is 6.92. The number of carbonyl (C=O) groups excluding carboxylic acids is 6. The minimum atomic E-state index is -0.504. The van der Waals surface area contributed by atoms with Crippen LogP contribution >= 0.6 is 0 Å². The molecule has 34 heteroatoms. The van der Waals surface area contributed by atoms with Crippen LogP contribution in [0.5, 0.6) is 34.5 Å². The number of imide groups is 2. The zero-order valence-corrected chi connectivity index (χ0v) is 69.8. The number of amides is 6. The molecular weight excluding hydrogens is 1570 g/mol. The maximum absolute atomic E-state index is 14.7. The lowest BCUT2D eigenvalue weighted by atomic mass is 9.82. The van der Waals surface area contributed by atoms with Gasteiger partial charge in [-0.3, -0.25) is 38.6 Å². The number of fused-ring (bicyclic) bond motifs is 2. The Balaban J connectivity index is 0.856. The van der Waals surface area contributed by atoms with Gasteiger partial charge < -0.3 is 124 Å². The Morgan fingerprint density at radius 1 is 0.258 bits per heavy atom. The molecule has 0 bridgehead atoms. The molecule has 0 aliphatic carbocycles. The van der Waals surface area contributed by atoms with Gasteiger partial charge in [0.2, 0.25) is 11.5 Å². The first-order chi connectivity index (χ1) is 59.0. The number of carbonyl (C=O) groups is 6. The standard InChI is InChI=1S/C86H116N4O30/c1-97-21-27-103-33-39-109-45-51-115-71-57-61(58-72(116-52-46-110-40-34-104-28-22-98-2)79(71)119-55-49-113-43-37-107-31-25-101-5)81(91)87-17-7-19-89-83(93)67-13-9-63-65-11-15-69-78-70(16-12-66(76(65)78)64-10-14-68(84(89)94)77(67)75(63)64)86(96)90(85(69)95)20-8-18-88-82(92)62-59-73(117-53-47-111-41-35-105-29-23-99-3)80(120-56-50-114-44-38-108-32-26-102-6)74(60-62)118-54-48-112-42-36-106-30-24-100-4/h9-16,57-60H,7-8,17-56H2,1-6H3,(H,87,91)(H,88,92). The second-order valence-electron chi connectivity index (χ2n) is 26.9. The lowest BCUT2D eigenvalue weighted by molar-refractivity contribution is 0.0146. The maximum atomic E-state index is 14.7. The van der Waals surface area contributed by atoms with Gasteiger partial charge in [-0.05, 0) is 93.7 Å². The fourth-order valence-corrected chi connectivity index (χ4v) is 13.0. The Kier molecular flexibility index (Phi) is 43.1. The lowest BCUT2D eigenvalue weighted by Gasteiger charge is -2.30. The van der Waals surface area contributed by atoms with E-state index in [0.717, 1.165) is 21.5 Å². The van der Waals surface area contributed by atoms with E-state index in [9.17, 15) is 28.8 Å². The summed E-state index contributed by atoms with van der Waals surface area (Å²) in [5.74, 6) is -1.77. The van der Waals surface area contributed by atoms with Crippen molar-refractivity contribution in [2.75, 3.05) is 307 Å². The molecule has 0 saturated heterocycles. The van der Waals surface area contributed by atoms with Gasteiger partial charge in [-0.25, -0.2) is 0 Å². The summed E-state index contributed by atoms with van der Waals surface area (Å²) < 4.78 is 136. The van der Waals surface area contributed by atoms with E-state index in [4.69, 9.17) is 114 Å². The van der Waals surface area contributed by atoms with Crippen molar-refractivity contribution in [3.05, 3.63) is 106 Å². The highest BCUT2D eigenvalue weighted by atomic mass is 16.6. The van der Waals surface area contributed by atoms with Crippen LogP contribution in [0, 0.1) is 0 Å². The Hall–Kier alpha value is -8.86. The van der Waals surface area contributed by atoms with Gasteiger partial charge in [-0.15, -0.1) is 0 Å². The van der Waals surface area contributed by atoms with Crippen LogP contribution in [0.2, 0.25) is 0 Å². The van der Waals surface area contributed by atoms with Gasteiger partial charge in [0.05, 0.1) is 198 Å². The largest absolute Gasteiger partial charge is 0.487 e. The van der Waals surface area contributed by atoms with E-state index in [1.165, 1.54) is 9.80 Å². The van der Waals surface area contributed by atoms with E-state index in [1.54, 1.807) is 91.2 Å². The van der Waals surface area contributed by atoms with Crippen LogP contribution in [0.25, 0.3) is 43.1 Å². The van der Waals surface area contributed by atoms with E-state index in [1.807, 2.05) is 24.3 Å². The number of ether oxygens (including phenoxy) is 24. The number of methoxy groups -OCH3 is 6. The topological polar surface area (TPSA) is 354 Å². The van der Waals surface area contributed by atoms with Crippen LogP contribution in [-0.2, 0) is 85.3 Å². The number of rotatable bonds is 70. The maximum Gasteiger partial charge on any atom is 0.261 e. The Bertz CT molecular complexity index is 3810. The molecule has 0 saturated carbocycles. The van der Waals surface area contributed by atoms with Crippen molar-refractivity contribution in [3.63, 3.8) is 0 Å². The number of nitrogens with one attached hydrogen (secondary N) is 2. The molecule has 0 radical (unpaired) electrons. The van der Waals surface area contributed by atoms with Gasteiger partial charge in [-0.2, -0.15) is 0 Å². The molecule has 2 aliphatic heterocycles. The molecule has 120 heavy (non-hydrogen) atoms. The summed E-state index contributed by atoms with van der Waals surface area (Å²) >= 11 is 0. The van der Waals surface area contributed by atoms with Crippen LogP contribution in [0.15, 0.2) is 72.8 Å². The third kappa shape index (κ3) is 28.6. The molecule has 34 nitrogen and oxygen atoms in total. The number of benzene rings is 7. The van der Waals surface area contributed by atoms with Crippen molar-refractivity contribution < 1.29 is 142 Å². The molecule has 0 aromatic heterocycles. The highest BCUT2D eigenvalue weighted by Crippen LogP contribution is 2.47. The average Bonchev–Trinajstić information content (AvgIpc) is 0.690. The van der Waals surface area contributed by atoms with Crippen LogP contribution in [0.4, 0.5) is 0 Å². The molecule has 0 fully saturated rings. The van der Waals surface area contributed by atoms with Crippen LogP contribution in [0.3, 0.4) is 0 Å². The van der Waals surface area contributed by atoms with Gasteiger partial charge in [-0.1, -0.05) is 24.3 Å². The highest BCUT2D eigenvalue weighted by Gasteiger charge is 2.37. The second-order valence-corrected chi connectivity index (χ2v) is 26.9. The monoisotopic (exact) mass is 1680 g/mol. The molecule has 0 atom stereocenters. The van der Waals surface area contributed by atoms with Crippen molar-refractivity contribution in [2.45, 2.75) is 12.8 Å². The molecule has 2 aliphatic rings. The summed E-state index contributed by atoms with van der Waals surface area (Å²) in [6, 6.07) is 20.4. The van der Waals surface area contributed by atoms with Crippen LogP contribution in [0.1, 0.15) is 75.0 Å². The van der Waals surface area contributed by atoms with Crippen molar-refractivity contribution in [1.82, 2.24) is 20.4 Å². The summed E-state index contributed by atoms with van der Waals surface area (Å²) in [7, 11) is 9.58. The minimum Gasteiger partial charge on any atom is -0.487 e. The molecule has 7 aromatic rings. The fourth-order valence-electron chi connectivity index (χ4n) is 13.0. The Morgan fingerprint density at radius 3 is 0.675 bits per heavy atom. The van der Waals surface area contributed by atoms with Gasteiger partial charge >= 0.3 is 0 Å². The summed E-state index contributed by atoms with van der Waals surface area (Å²) in [4.78, 5) is 89.6. The summed E-state index contributed by atoms with van der Waals surface area (Å²) in [6.07, 6.45) is 0.385. The first-order valence-electron chi connectivity index (χ1n) is 40.5. The van der Waals surface area contributed by atoms with Crippen molar-refractivity contribution in [2.24, 2.45) is 0 Å². The smallest absolute Gasteiger partial charge is 0.261 e.